The minimum Gasteiger partial charge on any atom is -0.492 e. The van der Waals surface area contributed by atoms with Crippen LogP contribution in [0.4, 0.5) is 5.69 Å². The molecule has 0 fully saturated rings. The maximum atomic E-state index is 12.5. The van der Waals surface area contributed by atoms with Crippen molar-refractivity contribution in [3.8, 4) is 5.75 Å². The van der Waals surface area contributed by atoms with Crippen molar-refractivity contribution >= 4 is 11.6 Å². The van der Waals surface area contributed by atoms with Crippen LogP contribution in [0, 0.1) is 30.9 Å². The summed E-state index contributed by atoms with van der Waals surface area (Å²) < 4.78 is 5.71. The lowest BCUT2D eigenvalue weighted by atomic mass is 10.1. The highest BCUT2D eigenvalue weighted by atomic mass is 16.6. The van der Waals surface area contributed by atoms with Gasteiger partial charge in [0.15, 0.2) is 0 Å². The first kappa shape index (κ1) is 18.4. The summed E-state index contributed by atoms with van der Waals surface area (Å²) in [7, 11) is 1.66. The summed E-state index contributed by atoms with van der Waals surface area (Å²) in [6.45, 7) is 6.32. The van der Waals surface area contributed by atoms with Crippen molar-refractivity contribution in [2.75, 3.05) is 20.2 Å². The molecule has 0 saturated carbocycles. The topological polar surface area (TPSA) is 72.7 Å². The second-order valence-electron chi connectivity index (χ2n) is 6.11. The summed E-state index contributed by atoms with van der Waals surface area (Å²) in [6.07, 6.45) is 0. The van der Waals surface area contributed by atoms with Gasteiger partial charge < -0.3 is 9.64 Å². The molecule has 2 aromatic rings. The van der Waals surface area contributed by atoms with E-state index in [0.717, 1.165) is 16.9 Å². The number of nitrogens with zero attached hydrogens (tertiary/aromatic N) is 2. The van der Waals surface area contributed by atoms with Gasteiger partial charge in [-0.25, -0.2) is 0 Å². The second kappa shape index (κ2) is 7.79. The number of aryl methyl sites for hydroxylation is 2. The van der Waals surface area contributed by atoms with Crippen LogP contribution in [-0.2, 0) is 0 Å². The van der Waals surface area contributed by atoms with Gasteiger partial charge in [0.25, 0.3) is 11.6 Å². The summed E-state index contributed by atoms with van der Waals surface area (Å²) in [6, 6.07) is 10.5. The van der Waals surface area contributed by atoms with Crippen LogP contribution in [-0.4, -0.2) is 35.9 Å². The standard InChI is InChI=1S/C19H22N2O4/c1-13-10-14(2)12-16(11-13)25-9-8-20(4)19(22)17-6-5-7-18(15(17)3)21(23)24/h5-7,10-12H,8-9H2,1-4H3. The first-order valence-electron chi connectivity index (χ1n) is 8.00. The Morgan fingerprint density at radius 3 is 2.40 bits per heavy atom. The molecule has 0 bridgehead atoms. The van der Waals surface area contributed by atoms with E-state index in [1.807, 2.05) is 26.0 Å². The quantitative estimate of drug-likeness (QED) is 0.593. The zero-order chi connectivity index (χ0) is 18.6. The number of benzene rings is 2. The molecule has 0 aliphatic rings. The average molecular weight is 342 g/mol. The Morgan fingerprint density at radius 1 is 1.16 bits per heavy atom. The molecule has 0 N–H and O–H groups in total. The van der Waals surface area contributed by atoms with E-state index in [4.69, 9.17) is 4.74 Å². The molecule has 0 radical (unpaired) electrons. The van der Waals surface area contributed by atoms with Crippen LogP contribution in [0.2, 0.25) is 0 Å². The molecule has 0 unspecified atom stereocenters. The van der Waals surface area contributed by atoms with Crippen LogP contribution in [0.25, 0.3) is 0 Å². The Hall–Kier alpha value is -2.89. The number of likely N-dealkylation sites (N-methyl/N-ethyl adjacent to an activating group) is 1. The number of rotatable bonds is 6. The van der Waals surface area contributed by atoms with E-state index < -0.39 is 4.92 Å². The van der Waals surface area contributed by atoms with E-state index in [1.54, 1.807) is 20.0 Å². The summed E-state index contributed by atoms with van der Waals surface area (Å²) in [5.74, 6) is 0.509. The monoisotopic (exact) mass is 342 g/mol. The average Bonchev–Trinajstić information content (AvgIpc) is 2.53. The van der Waals surface area contributed by atoms with Gasteiger partial charge in [-0.3, -0.25) is 14.9 Å². The number of carbonyl (C=O) groups is 1. The maximum Gasteiger partial charge on any atom is 0.273 e. The number of nitro benzene ring substituents is 1. The Kier molecular flexibility index (Phi) is 5.75. The zero-order valence-electron chi connectivity index (χ0n) is 14.9. The molecule has 0 saturated heterocycles. The van der Waals surface area contributed by atoms with E-state index in [2.05, 4.69) is 6.07 Å². The largest absolute Gasteiger partial charge is 0.492 e. The second-order valence-corrected chi connectivity index (χ2v) is 6.11. The highest BCUT2D eigenvalue weighted by Gasteiger charge is 2.20. The molecule has 0 atom stereocenters. The highest BCUT2D eigenvalue weighted by Crippen LogP contribution is 2.22. The van der Waals surface area contributed by atoms with Crippen LogP contribution in [0.1, 0.15) is 27.0 Å². The first-order valence-corrected chi connectivity index (χ1v) is 8.00. The van der Waals surface area contributed by atoms with E-state index in [1.165, 1.54) is 17.0 Å². The molecule has 2 rings (SSSR count). The van der Waals surface area contributed by atoms with Gasteiger partial charge in [0.2, 0.25) is 0 Å². The molecular formula is C19H22N2O4. The third-order valence-corrected chi connectivity index (χ3v) is 3.97. The lowest BCUT2D eigenvalue weighted by Gasteiger charge is -2.19. The van der Waals surface area contributed by atoms with Crippen molar-refractivity contribution < 1.29 is 14.5 Å². The SMILES string of the molecule is Cc1cc(C)cc(OCCN(C)C(=O)c2cccc([N+](=O)[O-])c2C)c1. The predicted octanol–water partition coefficient (Wildman–Crippen LogP) is 3.67. The van der Waals surface area contributed by atoms with Gasteiger partial charge in [0.05, 0.1) is 11.5 Å². The summed E-state index contributed by atoms with van der Waals surface area (Å²) in [5, 5.41) is 11.0. The molecule has 25 heavy (non-hydrogen) atoms. The molecule has 1 amide bonds. The van der Waals surface area contributed by atoms with Crippen molar-refractivity contribution in [3.63, 3.8) is 0 Å². The Balaban J connectivity index is 2.01. The van der Waals surface area contributed by atoms with Gasteiger partial charge in [0.1, 0.15) is 12.4 Å². The molecule has 6 heteroatoms. The normalized spacial score (nSPS) is 10.4. The van der Waals surface area contributed by atoms with Gasteiger partial charge in [-0.2, -0.15) is 0 Å². The number of amides is 1. The molecule has 2 aromatic carbocycles. The Bertz CT molecular complexity index is 782. The minimum atomic E-state index is -0.477. The molecule has 0 aromatic heterocycles. The fourth-order valence-electron chi connectivity index (χ4n) is 2.68. The van der Waals surface area contributed by atoms with Crippen molar-refractivity contribution in [1.82, 2.24) is 4.90 Å². The van der Waals surface area contributed by atoms with Crippen molar-refractivity contribution in [2.24, 2.45) is 0 Å². The van der Waals surface area contributed by atoms with E-state index in [-0.39, 0.29) is 11.6 Å². The third kappa shape index (κ3) is 4.56. The van der Waals surface area contributed by atoms with Crippen molar-refractivity contribution in [3.05, 3.63) is 68.8 Å². The van der Waals surface area contributed by atoms with Gasteiger partial charge in [-0.1, -0.05) is 12.1 Å². The zero-order valence-corrected chi connectivity index (χ0v) is 14.9. The molecule has 6 nitrogen and oxygen atoms in total. The number of carbonyl (C=O) groups excluding carboxylic acids is 1. The number of nitro groups is 1. The summed E-state index contributed by atoms with van der Waals surface area (Å²) >= 11 is 0. The lowest BCUT2D eigenvalue weighted by molar-refractivity contribution is -0.385. The summed E-state index contributed by atoms with van der Waals surface area (Å²) in [5.41, 5.74) is 2.90. The van der Waals surface area contributed by atoms with Crippen LogP contribution in [0.15, 0.2) is 36.4 Å². The number of ether oxygens (including phenoxy) is 1. The molecule has 0 aliphatic heterocycles. The minimum absolute atomic E-state index is 0.0502. The van der Waals surface area contributed by atoms with Gasteiger partial charge in [-0.05, 0) is 50.1 Å². The van der Waals surface area contributed by atoms with Crippen LogP contribution in [0.3, 0.4) is 0 Å². The van der Waals surface area contributed by atoms with Crippen molar-refractivity contribution in [1.29, 1.82) is 0 Å². The maximum absolute atomic E-state index is 12.5. The molecule has 0 spiro atoms. The van der Waals surface area contributed by atoms with E-state index in [0.29, 0.717) is 24.3 Å². The fraction of sp³-hybridized carbons (Fsp3) is 0.316. The Labute approximate surface area is 147 Å². The molecule has 0 aliphatic carbocycles. The van der Waals surface area contributed by atoms with Gasteiger partial charge in [-0.15, -0.1) is 0 Å². The fourth-order valence-corrected chi connectivity index (χ4v) is 2.68. The first-order chi connectivity index (χ1) is 11.8. The molecule has 0 heterocycles. The molecular weight excluding hydrogens is 320 g/mol. The number of hydrogen-bond acceptors (Lipinski definition) is 4. The Morgan fingerprint density at radius 2 is 1.80 bits per heavy atom. The van der Waals surface area contributed by atoms with Crippen LogP contribution >= 0.6 is 0 Å². The van der Waals surface area contributed by atoms with Gasteiger partial charge >= 0.3 is 0 Å². The lowest BCUT2D eigenvalue weighted by Crippen LogP contribution is -2.31. The number of hydrogen-bond donors (Lipinski definition) is 0. The predicted molar refractivity (Wildman–Crippen MR) is 96.2 cm³/mol. The third-order valence-electron chi connectivity index (χ3n) is 3.97. The smallest absolute Gasteiger partial charge is 0.273 e. The molecule has 132 valence electrons. The van der Waals surface area contributed by atoms with Crippen LogP contribution < -0.4 is 4.74 Å². The van der Waals surface area contributed by atoms with Crippen LogP contribution in [0.5, 0.6) is 5.75 Å². The summed E-state index contributed by atoms with van der Waals surface area (Å²) in [4.78, 5) is 24.6. The van der Waals surface area contributed by atoms with E-state index in [9.17, 15) is 14.9 Å². The van der Waals surface area contributed by atoms with Gasteiger partial charge in [0, 0.05) is 24.2 Å². The van der Waals surface area contributed by atoms with E-state index >= 15 is 0 Å². The van der Waals surface area contributed by atoms with Crippen molar-refractivity contribution in [2.45, 2.75) is 20.8 Å². The highest BCUT2D eigenvalue weighted by molar-refractivity contribution is 5.96.